The zero-order valence-corrected chi connectivity index (χ0v) is 9.34. The summed E-state index contributed by atoms with van der Waals surface area (Å²) in [6, 6.07) is -0.833. The number of amides is 2. The van der Waals surface area contributed by atoms with Crippen LogP contribution < -0.4 is 11.5 Å². The van der Waals surface area contributed by atoms with Gasteiger partial charge in [0.1, 0.15) is 0 Å². The van der Waals surface area contributed by atoms with Gasteiger partial charge in [0.25, 0.3) is 0 Å². The predicted octanol–water partition coefficient (Wildman–Crippen LogP) is 0.907. The van der Waals surface area contributed by atoms with E-state index < -0.39 is 6.03 Å². The Labute approximate surface area is 81.5 Å². The molecule has 0 saturated carbocycles. The number of urea groups is 1. The largest absolute Gasteiger partial charge is 0.352 e. The third-order valence-corrected chi connectivity index (χ3v) is 2.68. The number of hydrogen-bond donors (Lipinski definition) is 2. The van der Waals surface area contributed by atoms with Gasteiger partial charge in [-0.2, -0.15) is 0 Å². The van der Waals surface area contributed by atoms with E-state index in [2.05, 4.69) is 39.2 Å². The maximum absolute atomic E-state index is 9.00. The lowest BCUT2D eigenvalue weighted by molar-refractivity contribution is -0.921. The van der Waals surface area contributed by atoms with Crippen LogP contribution in [0.4, 0.5) is 4.79 Å². The standard InChI is InChI=1S/C8H20N.CH4N2O/c1-5-9(6-2,7-3)8-4;2-1(3)4/h5-8H2,1-4H3;(H4,2,3,4)/q+1;. The van der Waals surface area contributed by atoms with Gasteiger partial charge < -0.3 is 16.0 Å². The fourth-order valence-corrected chi connectivity index (χ4v) is 1.34. The molecule has 0 aliphatic rings. The van der Waals surface area contributed by atoms with Crippen LogP contribution in [0.3, 0.4) is 0 Å². The normalized spacial score (nSPS) is 10.2. The van der Waals surface area contributed by atoms with Crippen molar-refractivity contribution in [2.75, 3.05) is 26.2 Å². The van der Waals surface area contributed by atoms with Crippen LogP contribution in [-0.4, -0.2) is 36.7 Å². The molecule has 0 heterocycles. The molecule has 13 heavy (non-hydrogen) atoms. The second-order valence-electron chi connectivity index (χ2n) is 3.01. The summed E-state index contributed by atoms with van der Waals surface area (Å²) < 4.78 is 1.28. The molecule has 4 heteroatoms. The first kappa shape index (κ1) is 14.7. The van der Waals surface area contributed by atoms with E-state index in [0.29, 0.717) is 0 Å². The van der Waals surface area contributed by atoms with E-state index in [0.717, 1.165) is 0 Å². The minimum Gasteiger partial charge on any atom is -0.352 e. The first-order valence-electron chi connectivity index (χ1n) is 4.87. The fraction of sp³-hybridized carbons (Fsp3) is 0.889. The van der Waals surface area contributed by atoms with Gasteiger partial charge in [-0.15, -0.1) is 0 Å². The maximum atomic E-state index is 9.00. The SMILES string of the molecule is CC[N+](CC)(CC)CC.NC(N)=O. The van der Waals surface area contributed by atoms with Gasteiger partial charge in [-0.1, -0.05) is 0 Å². The molecule has 0 spiro atoms. The second kappa shape index (κ2) is 7.86. The summed E-state index contributed by atoms with van der Waals surface area (Å²) in [5.41, 5.74) is 8.50. The smallest absolute Gasteiger partial charge is 0.309 e. The van der Waals surface area contributed by atoms with Gasteiger partial charge in [-0.25, -0.2) is 4.79 Å². The molecule has 0 rings (SSSR count). The molecule has 0 aliphatic carbocycles. The van der Waals surface area contributed by atoms with E-state index in [9.17, 15) is 0 Å². The predicted molar refractivity (Wildman–Crippen MR) is 56.2 cm³/mol. The molecule has 0 atom stereocenters. The number of nitrogens with zero attached hydrogens (tertiary/aromatic N) is 1. The molecule has 0 aromatic carbocycles. The van der Waals surface area contributed by atoms with Crippen molar-refractivity contribution in [1.82, 2.24) is 0 Å². The highest BCUT2D eigenvalue weighted by molar-refractivity contribution is 5.69. The van der Waals surface area contributed by atoms with E-state index in [1.165, 1.54) is 30.7 Å². The van der Waals surface area contributed by atoms with E-state index in [4.69, 9.17) is 4.79 Å². The van der Waals surface area contributed by atoms with Crippen molar-refractivity contribution in [2.24, 2.45) is 11.5 Å². The number of carbonyl (C=O) groups excluding carboxylic acids is 1. The third kappa shape index (κ3) is 7.59. The Bertz CT molecular complexity index is 111. The van der Waals surface area contributed by atoms with E-state index in [-0.39, 0.29) is 0 Å². The number of carbonyl (C=O) groups is 1. The van der Waals surface area contributed by atoms with Crippen molar-refractivity contribution >= 4 is 6.03 Å². The van der Waals surface area contributed by atoms with E-state index in [1.54, 1.807) is 0 Å². The van der Waals surface area contributed by atoms with Crippen molar-refractivity contribution < 1.29 is 9.28 Å². The molecule has 0 fully saturated rings. The molecule has 4 nitrogen and oxygen atoms in total. The van der Waals surface area contributed by atoms with Crippen molar-refractivity contribution in [1.29, 1.82) is 0 Å². The number of nitrogens with two attached hydrogens (primary N) is 2. The Hall–Kier alpha value is -0.770. The van der Waals surface area contributed by atoms with Crippen LogP contribution in [-0.2, 0) is 0 Å². The van der Waals surface area contributed by atoms with Gasteiger partial charge >= 0.3 is 6.03 Å². The van der Waals surface area contributed by atoms with Crippen molar-refractivity contribution in [3.63, 3.8) is 0 Å². The number of quaternary nitrogens is 1. The Morgan fingerprint density at radius 1 is 0.923 bits per heavy atom. The van der Waals surface area contributed by atoms with Gasteiger partial charge in [0.2, 0.25) is 0 Å². The zero-order chi connectivity index (χ0) is 10.9. The summed E-state index contributed by atoms with van der Waals surface area (Å²) in [5.74, 6) is 0. The van der Waals surface area contributed by atoms with E-state index >= 15 is 0 Å². The molecule has 0 unspecified atom stereocenters. The molecular weight excluding hydrogens is 166 g/mol. The quantitative estimate of drug-likeness (QED) is 0.635. The lowest BCUT2D eigenvalue weighted by Gasteiger charge is -2.34. The topological polar surface area (TPSA) is 69.1 Å². The number of rotatable bonds is 4. The first-order valence-corrected chi connectivity index (χ1v) is 4.87. The fourth-order valence-electron chi connectivity index (χ4n) is 1.34. The summed E-state index contributed by atoms with van der Waals surface area (Å²) in [4.78, 5) is 9.00. The highest BCUT2D eigenvalue weighted by atomic mass is 16.2. The molecule has 0 aromatic rings. The molecule has 4 N–H and O–H groups in total. The summed E-state index contributed by atoms with van der Waals surface area (Å²) in [5, 5.41) is 0. The number of primary amides is 2. The second-order valence-corrected chi connectivity index (χ2v) is 3.01. The van der Waals surface area contributed by atoms with Gasteiger partial charge in [0.05, 0.1) is 26.2 Å². The lowest BCUT2D eigenvalue weighted by Crippen LogP contribution is -2.47. The monoisotopic (exact) mass is 190 g/mol. The minimum absolute atomic E-state index is 0.833. The summed E-state index contributed by atoms with van der Waals surface area (Å²) in [6.45, 7) is 14.2. The molecule has 0 radical (unpaired) electrons. The Balaban J connectivity index is 0. The molecule has 0 aromatic heterocycles. The van der Waals surface area contributed by atoms with Crippen molar-refractivity contribution in [3.05, 3.63) is 0 Å². The first-order chi connectivity index (χ1) is 5.97. The minimum atomic E-state index is -0.833. The Morgan fingerprint density at radius 2 is 1.08 bits per heavy atom. The van der Waals surface area contributed by atoms with Crippen LogP contribution in [0.15, 0.2) is 0 Å². The van der Waals surface area contributed by atoms with Crippen LogP contribution >= 0.6 is 0 Å². The van der Waals surface area contributed by atoms with Crippen LogP contribution in [0.5, 0.6) is 0 Å². The van der Waals surface area contributed by atoms with Gasteiger partial charge in [-0.3, -0.25) is 0 Å². The summed E-state index contributed by atoms with van der Waals surface area (Å²) in [6.07, 6.45) is 0. The lowest BCUT2D eigenvalue weighted by atomic mass is 10.3. The highest BCUT2D eigenvalue weighted by Gasteiger charge is 2.16. The van der Waals surface area contributed by atoms with Crippen molar-refractivity contribution in [3.8, 4) is 0 Å². The maximum Gasteiger partial charge on any atom is 0.309 e. The summed E-state index contributed by atoms with van der Waals surface area (Å²) >= 11 is 0. The van der Waals surface area contributed by atoms with Gasteiger partial charge in [-0.05, 0) is 27.7 Å². The average molecular weight is 190 g/mol. The zero-order valence-electron chi connectivity index (χ0n) is 9.34. The number of hydrogen-bond acceptors (Lipinski definition) is 1. The van der Waals surface area contributed by atoms with Gasteiger partial charge in [0.15, 0.2) is 0 Å². The molecule has 0 bridgehead atoms. The van der Waals surface area contributed by atoms with Gasteiger partial charge in [0, 0.05) is 0 Å². The van der Waals surface area contributed by atoms with E-state index in [1.807, 2.05) is 0 Å². The Kier molecular flexibility index (Phi) is 8.91. The van der Waals surface area contributed by atoms with Crippen LogP contribution in [0.1, 0.15) is 27.7 Å². The average Bonchev–Trinajstić information content (AvgIpc) is 2.09. The van der Waals surface area contributed by atoms with Crippen LogP contribution in [0.25, 0.3) is 0 Å². The van der Waals surface area contributed by atoms with Crippen LogP contribution in [0, 0.1) is 0 Å². The molecule has 0 saturated heterocycles. The molecular formula is C9H24N3O+. The Morgan fingerprint density at radius 3 is 1.08 bits per heavy atom. The molecule has 2 amide bonds. The van der Waals surface area contributed by atoms with Crippen LogP contribution in [0.2, 0.25) is 0 Å². The molecule has 0 aliphatic heterocycles. The van der Waals surface area contributed by atoms with Crippen molar-refractivity contribution in [2.45, 2.75) is 27.7 Å². The summed E-state index contributed by atoms with van der Waals surface area (Å²) in [7, 11) is 0. The molecule has 80 valence electrons. The third-order valence-electron chi connectivity index (χ3n) is 2.68. The highest BCUT2D eigenvalue weighted by Crippen LogP contribution is 2.03.